The van der Waals surface area contributed by atoms with Crippen LogP contribution in [0.1, 0.15) is 6.92 Å². The Hall–Kier alpha value is -0.660. The van der Waals surface area contributed by atoms with Gasteiger partial charge in [-0.1, -0.05) is 15.9 Å². The molecule has 0 spiro atoms. The summed E-state index contributed by atoms with van der Waals surface area (Å²) in [6.45, 7) is 5.41. The van der Waals surface area contributed by atoms with Crippen LogP contribution in [0.25, 0.3) is 0 Å². The van der Waals surface area contributed by atoms with Crippen LogP contribution in [0.2, 0.25) is 0 Å². The number of hydrogen-bond acceptors (Lipinski definition) is 5. The lowest BCUT2D eigenvalue weighted by Crippen LogP contribution is -2.52. The lowest BCUT2D eigenvalue weighted by Gasteiger charge is -2.39. The van der Waals surface area contributed by atoms with Gasteiger partial charge in [0.25, 0.3) is 0 Å². The molecular weight excluding hydrogens is 352 g/mol. The second-order valence-electron chi connectivity index (χ2n) is 5.94. The van der Waals surface area contributed by atoms with E-state index in [2.05, 4.69) is 15.9 Å². The van der Waals surface area contributed by atoms with Crippen LogP contribution in [-0.4, -0.2) is 57.5 Å². The molecule has 0 bridgehead atoms. The molecule has 0 radical (unpaired) electrons. The first kappa shape index (κ1) is 16.2. The number of rotatable bonds is 6. The minimum Gasteiger partial charge on any atom is -0.491 e. The van der Waals surface area contributed by atoms with Gasteiger partial charge in [-0.2, -0.15) is 0 Å². The third kappa shape index (κ3) is 4.43. The predicted molar refractivity (Wildman–Crippen MR) is 84.3 cm³/mol. The van der Waals surface area contributed by atoms with Gasteiger partial charge in [0.2, 0.25) is 0 Å². The summed E-state index contributed by atoms with van der Waals surface area (Å²) >= 11 is 3.40. The van der Waals surface area contributed by atoms with Gasteiger partial charge in [0.1, 0.15) is 30.2 Å². The van der Waals surface area contributed by atoms with Crippen molar-refractivity contribution < 1.29 is 23.7 Å². The topological polar surface area (TPSA) is 46.2 Å². The number of halogens is 1. The van der Waals surface area contributed by atoms with E-state index in [1.54, 1.807) is 0 Å². The van der Waals surface area contributed by atoms with Crippen molar-refractivity contribution in [1.82, 2.24) is 0 Å². The highest BCUT2D eigenvalue weighted by molar-refractivity contribution is 9.10. The zero-order chi connectivity index (χ0) is 15.4. The summed E-state index contributed by atoms with van der Waals surface area (Å²) in [5.41, 5.74) is -0.429. The number of ether oxygens (including phenoxy) is 5. The van der Waals surface area contributed by atoms with Crippen molar-refractivity contribution in [3.8, 4) is 5.75 Å². The molecule has 2 fully saturated rings. The van der Waals surface area contributed by atoms with E-state index < -0.39 is 5.60 Å². The van der Waals surface area contributed by atoms with Crippen molar-refractivity contribution in [3.05, 3.63) is 28.7 Å². The van der Waals surface area contributed by atoms with Crippen LogP contribution in [0.3, 0.4) is 0 Å². The predicted octanol–water partition coefficient (Wildman–Crippen LogP) is 2.42. The van der Waals surface area contributed by atoms with Gasteiger partial charge in [0.15, 0.2) is 0 Å². The third-order valence-electron chi connectivity index (χ3n) is 3.64. The second-order valence-corrected chi connectivity index (χ2v) is 6.86. The fourth-order valence-corrected chi connectivity index (χ4v) is 2.62. The first-order chi connectivity index (χ1) is 10.6. The molecule has 2 saturated heterocycles. The maximum absolute atomic E-state index is 6.11. The molecule has 22 heavy (non-hydrogen) atoms. The van der Waals surface area contributed by atoms with E-state index in [1.807, 2.05) is 31.2 Å². The van der Waals surface area contributed by atoms with Crippen molar-refractivity contribution >= 4 is 15.9 Å². The van der Waals surface area contributed by atoms with Crippen molar-refractivity contribution in [1.29, 1.82) is 0 Å². The smallest absolute Gasteiger partial charge is 0.119 e. The van der Waals surface area contributed by atoms with Gasteiger partial charge in [-0.25, -0.2) is 0 Å². The van der Waals surface area contributed by atoms with Crippen molar-refractivity contribution in [3.63, 3.8) is 0 Å². The molecule has 2 aliphatic rings. The van der Waals surface area contributed by atoms with E-state index in [9.17, 15) is 0 Å². The monoisotopic (exact) mass is 372 g/mol. The Morgan fingerprint density at radius 2 is 1.95 bits per heavy atom. The van der Waals surface area contributed by atoms with Crippen LogP contribution in [-0.2, 0) is 18.9 Å². The fourth-order valence-electron chi connectivity index (χ4n) is 2.36. The van der Waals surface area contributed by atoms with Gasteiger partial charge < -0.3 is 23.7 Å². The van der Waals surface area contributed by atoms with Gasteiger partial charge in [-0.05, 0) is 31.2 Å². The van der Waals surface area contributed by atoms with E-state index in [4.69, 9.17) is 23.7 Å². The summed E-state index contributed by atoms with van der Waals surface area (Å²) in [4.78, 5) is 0. The molecular formula is C16H21BrO5. The summed E-state index contributed by atoms with van der Waals surface area (Å²) in [6, 6.07) is 7.75. The molecule has 2 unspecified atom stereocenters. The van der Waals surface area contributed by atoms with Crippen LogP contribution in [0.15, 0.2) is 28.7 Å². The highest BCUT2D eigenvalue weighted by atomic mass is 79.9. The second kappa shape index (κ2) is 7.27. The van der Waals surface area contributed by atoms with Crippen molar-refractivity contribution in [2.45, 2.75) is 24.7 Å². The molecule has 2 atom stereocenters. The van der Waals surface area contributed by atoms with Crippen LogP contribution < -0.4 is 4.74 Å². The summed E-state index contributed by atoms with van der Waals surface area (Å²) in [5.74, 6) is 0.821. The Labute approximate surface area is 139 Å². The molecule has 5 nitrogen and oxygen atoms in total. The lowest BCUT2D eigenvalue weighted by molar-refractivity contribution is -0.235. The Balaban J connectivity index is 1.45. The molecule has 2 aliphatic heterocycles. The van der Waals surface area contributed by atoms with Crippen LogP contribution in [0.4, 0.5) is 0 Å². The lowest BCUT2D eigenvalue weighted by atomic mass is 10.1. The average molecular weight is 373 g/mol. The molecule has 0 saturated carbocycles. The average Bonchev–Trinajstić information content (AvgIpc) is 2.45. The van der Waals surface area contributed by atoms with Crippen molar-refractivity contribution in [2.75, 3.05) is 39.6 Å². The third-order valence-corrected chi connectivity index (χ3v) is 4.17. The zero-order valence-electron chi connectivity index (χ0n) is 12.6. The van der Waals surface area contributed by atoms with Crippen molar-refractivity contribution in [2.24, 2.45) is 0 Å². The minimum atomic E-state index is -0.429. The van der Waals surface area contributed by atoms with E-state index in [0.717, 1.165) is 10.2 Å². The maximum atomic E-state index is 6.11. The zero-order valence-corrected chi connectivity index (χ0v) is 14.2. The molecule has 0 N–H and O–H groups in total. The Kier molecular flexibility index (Phi) is 5.36. The fraction of sp³-hybridized carbons (Fsp3) is 0.625. The summed E-state index contributed by atoms with van der Waals surface area (Å²) < 4.78 is 29.4. The standard InChI is InChI=1S/C16H21BrO5/c1-16(11-21-14-6-18-7-14)10-19-8-15(22-16)9-20-13-4-2-12(17)3-5-13/h2-5,14-15H,6-11H2,1H3. The minimum absolute atomic E-state index is 0.0939. The number of hydrogen-bond donors (Lipinski definition) is 0. The molecule has 1 aromatic rings. The molecule has 3 rings (SSSR count). The quantitative estimate of drug-likeness (QED) is 0.767. The van der Waals surface area contributed by atoms with E-state index in [-0.39, 0.29) is 12.2 Å². The summed E-state index contributed by atoms with van der Waals surface area (Å²) in [7, 11) is 0. The summed E-state index contributed by atoms with van der Waals surface area (Å²) in [6.07, 6.45) is 0.100. The Bertz CT molecular complexity index is 476. The van der Waals surface area contributed by atoms with Gasteiger partial charge in [0, 0.05) is 4.47 Å². The number of benzene rings is 1. The molecule has 2 heterocycles. The van der Waals surface area contributed by atoms with Gasteiger partial charge in [-0.3, -0.25) is 0 Å². The van der Waals surface area contributed by atoms with E-state index in [0.29, 0.717) is 39.6 Å². The van der Waals surface area contributed by atoms with Crippen LogP contribution in [0.5, 0.6) is 5.75 Å². The first-order valence-corrected chi connectivity index (χ1v) is 8.26. The van der Waals surface area contributed by atoms with Gasteiger partial charge in [0.05, 0.1) is 33.0 Å². The van der Waals surface area contributed by atoms with Crippen LogP contribution in [0, 0.1) is 0 Å². The molecule has 1 aromatic carbocycles. The molecule has 0 amide bonds. The van der Waals surface area contributed by atoms with Crippen LogP contribution >= 0.6 is 15.9 Å². The molecule has 0 aliphatic carbocycles. The highest BCUT2D eigenvalue weighted by Gasteiger charge is 2.36. The Morgan fingerprint density at radius 3 is 2.64 bits per heavy atom. The normalized spacial score (nSPS) is 29.1. The molecule has 122 valence electrons. The first-order valence-electron chi connectivity index (χ1n) is 7.46. The summed E-state index contributed by atoms with van der Waals surface area (Å²) in [5, 5.41) is 0. The van der Waals surface area contributed by atoms with E-state index in [1.165, 1.54) is 0 Å². The Morgan fingerprint density at radius 1 is 1.18 bits per heavy atom. The maximum Gasteiger partial charge on any atom is 0.119 e. The van der Waals surface area contributed by atoms with Gasteiger partial charge >= 0.3 is 0 Å². The molecule has 6 heteroatoms. The SMILES string of the molecule is CC1(COC2COC2)COCC(COc2ccc(Br)cc2)O1. The highest BCUT2D eigenvalue weighted by Crippen LogP contribution is 2.23. The van der Waals surface area contributed by atoms with Gasteiger partial charge in [-0.15, -0.1) is 0 Å². The molecule has 0 aromatic heterocycles. The largest absolute Gasteiger partial charge is 0.491 e. The van der Waals surface area contributed by atoms with E-state index >= 15 is 0 Å².